The maximum Gasteiger partial charge on any atom is 0.363 e. The van der Waals surface area contributed by atoms with Crippen molar-refractivity contribution in [2.45, 2.75) is 38.1 Å². The number of aromatic nitrogens is 2. The molecule has 178 valence electrons. The molecule has 0 saturated heterocycles. The van der Waals surface area contributed by atoms with Gasteiger partial charge in [-0.05, 0) is 44.0 Å². The Labute approximate surface area is 201 Å². The van der Waals surface area contributed by atoms with Crippen LogP contribution in [0.4, 0.5) is 11.4 Å². The first-order valence-electron chi connectivity index (χ1n) is 11.5. The van der Waals surface area contributed by atoms with E-state index in [1.54, 1.807) is 43.3 Å². The number of hydrogen-bond acceptors (Lipinski definition) is 6. The van der Waals surface area contributed by atoms with Crippen molar-refractivity contribution >= 4 is 29.2 Å². The number of ether oxygens (including phenoxy) is 1. The van der Waals surface area contributed by atoms with Gasteiger partial charge in [0.2, 0.25) is 11.1 Å². The molecule has 9 heteroatoms. The van der Waals surface area contributed by atoms with Crippen LogP contribution in [-0.4, -0.2) is 39.7 Å². The first kappa shape index (κ1) is 22.5. The van der Waals surface area contributed by atoms with Crippen LogP contribution in [0.3, 0.4) is 0 Å². The molecule has 0 radical (unpaired) electrons. The topological polar surface area (TPSA) is 111 Å². The summed E-state index contributed by atoms with van der Waals surface area (Å²) in [5, 5.41) is 7.10. The van der Waals surface area contributed by atoms with Crippen LogP contribution in [0.1, 0.15) is 41.9 Å². The highest BCUT2D eigenvalue weighted by atomic mass is 16.5. The standard InChI is InChI=1S/C26H24N4O5/c1-17-15-21(31)23(28-30(17)18-9-3-2-4-10-18)24(33)35-16-22(32)29-20-12-6-5-11-19(20)27-25(34)26(29)13-7-8-14-26/h2-6,9-12,15H,7-8,13-14,16H2,1H3,(H,27,34). The molecule has 5 rings (SSSR count). The average Bonchev–Trinajstić information content (AvgIpc) is 3.34. The summed E-state index contributed by atoms with van der Waals surface area (Å²) in [7, 11) is 0. The number of rotatable bonds is 4. The summed E-state index contributed by atoms with van der Waals surface area (Å²) < 4.78 is 6.74. The number of fused-ring (bicyclic) bond motifs is 1. The fraction of sp³-hybridized carbons (Fsp3) is 0.269. The molecule has 2 amide bonds. The van der Waals surface area contributed by atoms with E-state index in [-0.39, 0.29) is 5.91 Å². The summed E-state index contributed by atoms with van der Waals surface area (Å²) in [5.74, 6) is -1.76. The van der Waals surface area contributed by atoms with Crippen LogP contribution in [0.15, 0.2) is 65.5 Å². The van der Waals surface area contributed by atoms with Crippen molar-refractivity contribution in [1.82, 2.24) is 9.78 Å². The van der Waals surface area contributed by atoms with E-state index in [0.717, 1.165) is 12.8 Å². The van der Waals surface area contributed by atoms with Gasteiger partial charge in [0.15, 0.2) is 6.61 Å². The van der Waals surface area contributed by atoms with Gasteiger partial charge in [-0.2, -0.15) is 5.10 Å². The molecule has 1 aliphatic carbocycles. The third kappa shape index (κ3) is 3.88. The Bertz CT molecular complexity index is 1380. The summed E-state index contributed by atoms with van der Waals surface area (Å²) in [6.07, 6.45) is 2.67. The lowest BCUT2D eigenvalue weighted by molar-refractivity contribution is -0.129. The minimum atomic E-state index is -1.01. The van der Waals surface area contributed by atoms with Crippen molar-refractivity contribution in [3.8, 4) is 5.69 Å². The first-order valence-corrected chi connectivity index (χ1v) is 11.5. The lowest BCUT2D eigenvalue weighted by atomic mass is 9.90. The van der Waals surface area contributed by atoms with Crippen LogP contribution in [-0.2, 0) is 14.3 Å². The Morgan fingerprint density at radius 3 is 2.46 bits per heavy atom. The van der Waals surface area contributed by atoms with Gasteiger partial charge in [0.25, 0.3) is 11.8 Å². The molecule has 3 aromatic rings. The molecular formula is C26H24N4O5. The Morgan fingerprint density at radius 2 is 1.71 bits per heavy atom. The second-order valence-electron chi connectivity index (χ2n) is 8.76. The van der Waals surface area contributed by atoms with E-state index in [0.29, 0.717) is 35.6 Å². The molecule has 9 nitrogen and oxygen atoms in total. The smallest absolute Gasteiger partial charge is 0.363 e. The van der Waals surface area contributed by atoms with E-state index in [4.69, 9.17) is 4.74 Å². The molecule has 1 saturated carbocycles. The van der Waals surface area contributed by atoms with Crippen LogP contribution >= 0.6 is 0 Å². The summed E-state index contributed by atoms with van der Waals surface area (Å²) in [5.41, 5.74) is 0.291. The van der Waals surface area contributed by atoms with Crippen molar-refractivity contribution in [3.63, 3.8) is 0 Å². The molecule has 1 aliphatic heterocycles. The van der Waals surface area contributed by atoms with E-state index in [1.165, 1.54) is 15.6 Å². The quantitative estimate of drug-likeness (QED) is 0.585. The number of aryl methyl sites for hydroxylation is 1. The van der Waals surface area contributed by atoms with Gasteiger partial charge in [0, 0.05) is 11.8 Å². The lowest BCUT2D eigenvalue weighted by Crippen LogP contribution is -2.61. The van der Waals surface area contributed by atoms with Crippen LogP contribution < -0.4 is 15.6 Å². The summed E-state index contributed by atoms with van der Waals surface area (Å²) in [6, 6.07) is 17.4. The van der Waals surface area contributed by atoms with Crippen molar-refractivity contribution in [1.29, 1.82) is 0 Å². The van der Waals surface area contributed by atoms with E-state index in [9.17, 15) is 19.2 Å². The predicted molar refractivity (Wildman–Crippen MR) is 129 cm³/mol. The second-order valence-corrected chi connectivity index (χ2v) is 8.76. The van der Waals surface area contributed by atoms with Gasteiger partial charge < -0.3 is 10.1 Å². The maximum atomic E-state index is 13.4. The number of amides is 2. The zero-order chi connectivity index (χ0) is 24.6. The molecule has 1 N–H and O–H groups in total. The third-order valence-corrected chi connectivity index (χ3v) is 6.55. The Kier molecular flexibility index (Phi) is 5.68. The number of esters is 1. The molecule has 0 unspecified atom stereocenters. The summed E-state index contributed by atoms with van der Waals surface area (Å²) in [6.45, 7) is 1.09. The normalized spacial score (nSPS) is 16.0. The Morgan fingerprint density at radius 1 is 1.03 bits per heavy atom. The molecule has 0 atom stereocenters. The number of anilines is 2. The van der Waals surface area contributed by atoms with Crippen LogP contribution in [0, 0.1) is 6.92 Å². The fourth-order valence-electron chi connectivity index (χ4n) is 4.91. The van der Waals surface area contributed by atoms with E-state index in [1.807, 2.05) is 18.2 Å². The molecule has 2 aliphatic rings. The largest absolute Gasteiger partial charge is 0.451 e. The van der Waals surface area contributed by atoms with Crippen LogP contribution in [0.2, 0.25) is 0 Å². The zero-order valence-corrected chi connectivity index (χ0v) is 19.2. The van der Waals surface area contributed by atoms with E-state index >= 15 is 0 Å². The first-order chi connectivity index (χ1) is 16.9. The number of para-hydroxylation sites is 3. The number of benzene rings is 2. The lowest BCUT2D eigenvalue weighted by Gasteiger charge is -2.44. The summed E-state index contributed by atoms with van der Waals surface area (Å²) >= 11 is 0. The van der Waals surface area contributed by atoms with Crippen LogP contribution in [0.25, 0.3) is 5.69 Å². The van der Waals surface area contributed by atoms with Crippen molar-refractivity contribution < 1.29 is 19.1 Å². The predicted octanol–water partition coefficient (Wildman–Crippen LogP) is 3.00. The molecule has 1 fully saturated rings. The minimum Gasteiger partial charge on any atom is -0.451 e. The highest BCUT2D eigenvalue weighted by Gasteiger charge is 2.52. The fourth-order valence-corrected chi connectivity index (χ4v) is 4.91. The van der Waals surface area contributed by atoms with E-state index in [2.05, 4.69) is 10.4 Å². The average molecular weight is 473 g/mol. The van der Waals surface area contributed by atoms with Crippen LogP contribution in [0.5, 0.6) is 0 Å². The SMILES string of the molecule is Cc1cc(=O)c(C(=O)OCC(=O)N2c3ccccc3NC(=O)C23CCCC3)nn1-c1ccccc1. The molecule has 1 aromatic heterocycles. The van der Waals surface area contributed by atoms with Crippen molar-refractivity contribution in [3.05, 3.63) is 82.3 Å². The number of hydrogen-bond donors (Lipinski definition) is 1. The number of nitrogens with zero attached hydrogens (tertiary/aromatic N) is 3. The van der Waals surface area contributed by atoms with E-state index < -0.39 is 35.1 Å². The molecule has 0 bridgehead atoms. The van der Waals surface area contributed by atoms with Gasteiger partial charge >= 0.3 is 5.97 Å². The van der Waals surface area contributed by atoms with Crippen molar-refractivity contribution in [2.24, 2.45) is 0 Å². The molecular weight excluding hydrogens is 448 g/mol. The minimum absolute atomic E-state index is 0.237. The number of nitrogens with one attached hydrogen (secondary N) is 1. The van der Waals surface area contributed by atoms with Gasteiger partial charge in [-0.15, -0.1) is 0 Å². The second kappa shape index (κ2) is 8.83. The van der Waals surface area contributed by atoms with Crippen molar-refractivity contribution in [2.75, 3.05) is 16.8 Å². The molecule has 1 spiro atoms. The number of carbonyl (C=O) groups is 3. The molecule has 2 heterocycles. The highest BCUT2D eigenvalue weighted by molar-refractivity contribution is 6.15. The molecule has 2 aromatic carbocycles. The van der Waals surface area contributed by atoms with Gasteiger partial charge in [-0.25, -0.2) is 9.48 Å². The van der Waals surface area contributed by atoms with Gasteiger partial charge in [0.05, 0.1) is 17.1 Å². The van der Waals surface area contributed by atoms with Gasteiger partial charge in [0.1, 0.15) is 5.54 Å². The van der Waals surface area contributed by atoms with Gasteiger partial charge in [-0.1, -0.05) is 43.2 Å². The van der Waals surface area contributed by atoms with Gasteiger partial charge in [-0.3, -0.25) is 19.3 Å². The number of carbonyl (C=O) groups excluding carboxylic acids is 3. The Balaban J connectivity index is 1.41. The zero-order valence-electron chi connectivity index (χ0n) is 19.2. The third-order valence-electron chi connectivity index (χ3n) is 6.55. The molecule has 35 heavy (non-hydrogen) atoms. The summed E-state index contributed by atoms with van der Waals surface area (Å²) in [4.78, 5) is 53.2. The highest BCUT2D eigenvalue weighted by Crippen LogP contribution is 2.45. The monoisotopic (exact) mass is 472 g/mol. The maximum absolute atomic E-state index is 13.4. The Hall–Kier alpha value is -4.27.